The number of hydrogen-bond acceptors (Lipinski definition) is 5. The number of rotatable bonds is 3. The maximum absolute atomic E-state index is 13.5. The molecule has 1 aromatic carbocycles. The number of hydrogen-bond donors (Lipinski definition) is 1. The van der Waals surface area contributed by atoms with Crippen molar-refractivity contribution in [3.63, 3.8) is 0 Å². The molecule has 0 aliphatic rings. The molecule has 142 valence electrons. The molecule has 0 fully saturated rings. The topological polar surface area (TPSA) is 85.3 Å². The first-order valence-corrected chi connectivity index (χ1v) is 8.56. The van der Waals surface area contributed by atoms with Gasteiger partial charge in [0, 0.05) is 10.2 Å². The Balaban J connectivity index is 1.77. The molecular formula is C17H9BrF3N5O2. The quantitative estimate of drug-likeness (QED) is 0.498. The van der Waals surface area contributed by atoms with Gasteiger partial charge in [-0.05, 0) is 42.5 Å². The highest BCUT2D eigenvalue weighted by Gasteiger charge is 2.36. The van der Waals surface area contributed by atoms with Gasteiger partial charge in [0.15, 0.2) is 11.5 Å². The van der Waals surface area contributed by atoms with E-state index in [2.05, 4.69) is 36.3 Å². The van der Waals surface area contributed by atoms with Gasteiger partial charge in [-0.1, -0.05) is 15.9 Å². The Morgan fingerprint density at radius 3 is 2.54 bits per heavy atom. The van der Waals surface area contributed by atoms with E-state index in [-0.39, 0.29) is 17.2 Å². The summed E-state index contributed by atoms with van der Waals surface area (Å²) in [6, 6.07) is 10.4. The van der Waals surface area contributed by atoms with Crippen molar-refractivity contribution >= 4 is 33.3 Å². The number of benzene rings is 1. The predicted molar refractivity (Wildman–Crippen MR) is 95.6 cm³/mol. The van der Waals surface area contributed by atoms with Crippen LogP contribution in [0, 0.1) is 0 Å². The van der Waals surface area contributed by atoms with Crippen molar-refractivity contribution < 1.29 is 22.4 Å². The van der Waals surface area contributed by atoms with Crippen LogP contribution in [0.25, 0.3) is 17.2 Å². The fourth-order valence-electron chi connectivity index (χ4n) is 2.44. The number of halogens is 4. The van der Waals surface area contributed by atoms with Gasteiger partial charge in [-0.15, -0.1) is 5.10 Å². The summed E-state index contributed by atoms with van der Waals surface area (Å²) in [4.78, 5) is 20.2. The van der Waals surface area contributed by atoms with Crippen LogP contribution in [0.15, 0.2) is 57.6 Å². The van der Waals surface area contributed by atoms with Crippen molar-refractivity contribution in [1.82, 2.24) is 19.6 Å². The number of nitrogens with one attached hydrogen (secondary N) is 1. The van der Waals surface area contributed by atoms with Gasteiger partial charge in [-0.3, -0.25) is 4.79 Å². The molecule has 0 unspecified atom stereocenters. The van der Waals surface area contributed by atoms with E-state index < -0.39 is 23.6 Å². The Labute approximate surface area is 163 Å². The molecule has 3 aromatic heterocycles. The van der Waals surface area contributed by atoms with Gasteiger partial charge in [0.05, 0.1) is 6.26 Å². The average molecular weight is 452 g/mol. The minimum absolute atomic E-state index is 0.0721. The van der Waals surface area contributed by atoms with Crippen molar-refractivity contribution in [2.24, 2.45) is 0 Å². The Morgan fingerprint density at radius 1 is 1.14 bits per heavy atom. The number of carbonyl (C=O) groups is 1. The summed E-state index contributed by atoms with van der Waals surface area (Å²) >= 11 is 3.27. The first-order chi connectivity index (χ1) is 13.3. The van der Waals surface area contributed by atoms with E-state index in [4.69, 9.17) is 4.42 Å². The smallest absolute Gasteiger partial charge is 0.433 e. The monoisotopic (exact) mass is 451 g/mol. The standard InChI is InChI=1S/C17H9BrF3N5O2/c18-9-3-5-10(6-4-9)22-15(27)14-24-16-23-11(12-2-1-7-28-12)8-13(17(19,20)21)26(16)25-14/h1-8H,(H,22,27). The van der Waals surface area contributed by atoms with Gasteiger partial charge < -0.3 is 9.73 Å². The van der Waals surface area contributed by atoms with E-state index in [1.807, 2.05) is 0 Å². The second-order valence-corrected chi connectivity index (χ2v) is 6.53. The Hall–Kier alpha value is -3.21. The van der Waals surface area contributed by atoms with Gasteiger partial charge in [-0.2, -0.15) is 22.7 Å². The molecule has 0 atom stereocenters. The average Bonchev–Trinajstić information content (AvgIpc) is 3.31. The minimum atomic E-state index is -4.74. The summed E-state index contributed by atoms with van der Waals surface area (Å²) in [6.07, 6.45) is -3.43. The van der Waals surface area contributed by atoms with Crippen LogP contribution in [0.3, 0.4) is 0 Å². The van der Waals surface area contributed by atoms with E-state index in [9.17, 15) is 18.0 Å². The van der Waals surface area contributed by atoms with E-state index >= 15 is 0 Å². The second kappa shape index (κ2) is 6.75. The van der Waals surface area contributed by atoms with E-state index in [0.29, 0.717) is 10.2 Å². The normalized spacial score (nSPS) is 11.7. The third kappa shape index (κ3) is 3.48. The zero-order valence-corrected chi connectivity index (χ0v) is 15.3. The molecule has 0 bridgehead atoms. The highest BCUT2D eigenvalue weighted by molar-refractivity contribution is 9.10. The summed E-state index contributed by atoms with van der Waals surface area (Å²) < 4.78 is 46.9. The summed E-state index contributed by atoms with van der Waals surface area (Å²) in [7, 11) is 0. The van der Waals surface area contributed by atoms with Gasteiger partial charge in [-0.25, -0.2) is 4.98 Å². The SMILES string of the molecule is O=C(Nc1ccc(Br)cc1)c1nc2nc(-c3ccco3)cc(C(F)(F)F)n2n1. The third-order valence-electron chi connectivity index (χ3n) is 3.68. The van der Waals surface area contributed by atoms with Crippen molar-refractivity contribution in [2.75, 3.05) is 5.32 Å². The van der Waals surface area contributed by atoms with Crippen LogP contribution in [-0.2, 0) is 6.18 Å². The van der Waals surface area contributed by atoms with Crippen molar-refractivity contribution in [3.05, 3.63) is 64.7 Å². The van der Waals surface area contributed by atoms with E-state index in [1.54, 1.807) is 24.3 Å². The first-order valence-electron chi connectivity index (χ1n) is 7.77. The first kappa shape index (κ1) is 18.2. The zero-order chi connectivity index (χ0) is 19.9. The van der Waals surface area contributed by atoms with E-state index in [1.165, 1.54) is 18.4 Å². The lowest BCUT2D eigenvalue weighted by Gasteiger charge is -2.09. The molecule has 0 radical (unpaired) electrons. The summed E-state index contributed by atoms with van der Waals surface area (Å²) in [5, 5.41) is 6.21. The lowest BCUT2D eigenvalue weighted by atomic mass is 10.2. The van der Waals surface area contributed by atoms with Crippen molar-refractivity contribution in [1.29, 1.82) is 0 Å². The highest BCUT2D eigenvalue weighted by Crippen LogP contribution is 2.32. The molecule has 4 aromatic rings. The molecule has 0 saturated carbocycles. The number of fused-ring (bicyclic) bond motifs is 1. The van der Waals surface area contributed by atoms with Crippen LogP contribution in [0.5, 0.6) is 0 Å². The number of alkyl halides is 3. The molecule has 1 N–H and O–H groups in total. The fraction of sp³-hybridized carbons (Fsp3) is 0.0588. The molecule has 4 rings (SSSR count). The van der Waals surface area contributed by atoms with Crippen LogP contribution < -0.4 is 5.32 Å². The molecule has 7 nitrogen and oxygen atoms in total. The minimum Gasteiger partial charge on any atom is -0.463 e. The number of carbonyl (C=O) groups excluding carboxylic acids is 1. The number of furan rings is 1. The number of amides is 1. The molecule has 0 aliphatic heterocycles. The molecule has 28 heavy (non-hydrogen) atoms. The molecule has 0 spiro atoms. The molecule has 0 aliphatic carbocycles. The lowest BCUT2D eigenvalue weighted by Crippen LogP contribution is -2.16. The van der Waals surface area contributed by atoms with Crippen molar-refractivity contribution in [2.45, 2.75) is 6.18 Å². The highest BCUT2D eigenvalue weighted by atomic mass is 79.9. The van der Waals surface area contributed by atoms with E-state index in [0.717, 1.165) is 10.5 Å². The largest absolute Gasteiger partial charge is 0.463 e. The maximum atomic E-state index is 13.5. The number of aromatic nitrogens is 4. The molecule has 3 heterocycles. The van der Waals surface area contributed by atoms with Crippen LogP contribution in [0.2, 0.25) is 0 Å². The summed E-state index contributed by atoms with van der Waals surface area (Å²) in [6.45, 7) is 0. The van der Waals surface area contributed by atoms with Crippen LogP contribution in [0.1, 0.15) is 16.3 Å². The third-order valence-corrected chi connectivity index (χ3v) is 4.21. The second-order valence-electron chi connectivity index (χ2n) is 5.61. The molecule has 11 heteroatoms. The van der Waals surface area contributed by atoms with Gasteiger partial charge >= 0.3 is 6.18 Å². The van der Waals surface area contributed by atoms with Crippen LogP contribution >= 0.6 is 15.9 Å². The van der Waals surface area contributed by atoms with Crippen LogP contribution in [-0.4, -0.2) is 25.5 Å². The summed E-state index contributed by atoms with van der Waals surface area (Å²) in [5.41, 5.74) is -0.761. The van der Waals surface area contributed by atoms with Gasteiger partial charge in [0.25, 0.3) is 11.7 Å². The molecule has 0 saturated heterocycles. The molecule has 1 amide bonds. The van der Waals surface area contributed by atoms with Gasteiger partial charge in [0.2, 0.25) is 5.82 Å². The number of anilines is 1. The predicted octanol–water partition coefficient (Wildman–Crippen LogP) is 4.42. The lowest BCUT2D eigenvalue weighted by molar-refractivity contribution is -0.142. The number of nitrogens with zero attached hydrogens (tertiary/aromatic N) is 4. The summed E-state index contributed by atoms with van der Waals surface area (Å²) in [5.74, 6) is -1.45. The Morgan fingerprint density at radius 2 is 1.89 bits per heavy atom. The van der Waals surface area contributed by atoms with Gasteiger partial charge in [0.1, 0.15) is 5.69 Å². The Bertz CT molecular complexity index is 1150. The Kier molecular flexibility index (Phi) is 4.38. The molecular weight excluding hydrogens is 443 g/mol. The van der Waals surface area contributed by atoms with Crippen LogP contribution in [0.4, 0.5) is 18.9 Å². The van der Waals surface area contributed by atoms with Crippen molar-refractivity contribution in [3.8, 4) is 11.5 Å². The maximum Gasteiger partial charge on any atom is 0.433 e. The zero-order valence-electron chi connectivity index (χ0n) is 13.7. The fourth-order valence-corrected chi connectivity index (χ4v) is 2.70.